The maximum absolute atomic E-state index is 5.64. The van der Waals surface area contributed by atoms with E-state index in [4.69, 9.17) is 5.84 Å². The van der Waals surface area contributed by atoms with E-state index in [-0.39, 0.29) is 6.04 Å². The molecule has 3 heterocycles. The number of hydrazine groups is 1. The van der Waals surface area contributed by atoms with Crippen molar-refractivity contribution in [3.63, 3.8) is 0 Å². The molecule has 3 rings (SSSR count). The van der Waals surface area contributed by atoms with Gasteiger partial charge in [0.25, 0.3) is 0 Å². The number of nitrogens with one attached hydrogen (secondary N) is 1. The number of nitrogens with zero attached hydrogens (tertiary/aromatic N) is 4. The molecule has 0 saturated heterocycles. The van der Waals surface area contributed by atoms with Gasteiger partial charge in [-0.2, -0.15) is 5.10 Å². The number of fused-ring (bicyclic) bond motifs is 1. The highest BCUT2D eigenvalue weighted by Crippen LogP contribution is 2.22. The van der Waals surface area contributed by atoms with E-state index >= 15 is 0 Å². The summed E-state index contributed by atoms with van der Waals surface area (Å²) in [5, 5.41) is 7.28. The van der Waals surface area contributed by atoms with E-state index < -0.39 is 0 Å². The van der Waals surface area contributed by atoms with Crippen molar-refractivity contribution in [3.05, 3.63) is 46.9 Å². The van der Waals surface area contributed by atoms with Crippen molar-refractivity contribution in [2.75, 3.05) is 0 Å². The summed E-state index contributed by atoms with van der Waals surface area (Å²) in [6.45, 7) is 0. The molecule has 7 heteroatoms. The Morgan fingerprint density at radius 1 is 1.39 bits per heavy atom. The number of thiazole rings is 1. The minimum atomic E-state index is -0.0159. The molecule has 0 aromatic carbocycles. The lowest BCUT2D eigenvalue weighted by atomic mass is 10.1. The SMILES string of the molecule is NNC(Cc1nccs1)c1cnn2ccncc12. The minimum Gasteiger partial charge on any atom is -0.271 e. The summed E-state index contributed by atoms with van der Waals surface area (Å²) in [4.78, 5) is 8.39. The monoisotopic (exact) mass is 260 g/mol. The third-order valence-electron chi connectivity index (χ3n) is 2.79. The van der Waals surface area contributed by atoms with Crippen LogP contribution in [-0.2, 0) is 6.42 Å². The van der Waals surface area contributed by atoms with Crippen molar-refractivity contribution >= 4 is 16.9 Å². The maximum Gasteiger partial charge on any atom is 0.0944 e. The van der Waals surface area contributed by atoms with Gasteiger partial charge in [-0.25, -0.2) is 9.50 Å². The third kappa shape index (κ3) is 1.99. The van der Waals surface area contributed by atoms with Gasteiger partial charge in [-0.3, -0.25) is 16.3 Å². The smallest absolute Gasteiger partial charge is 0.0944 e. The fraction of sp³-hybridized carbons (Fsp3) is 0.182. The zero-order chi connectivity index (χ0) is 12.4. The molecule has 0 aliphatic heterocycles. The van der Waals surface area contributed by atoms with Gasteiger partial charge in [-0.1, -0.05) is 0 Å². The van der Waals surface area contributed by atoms with E-state index in [0.29, 0.717) is 0 Å². The molecule has 0 spiro atoms. The van der Waals surface area contributed by atoms with E-state index in [1.807, 2.05) is 17.8 Å². The first kappa shape index (κ1) is 11.3. The highest BCUT2D eigenvalue weighted by atomic mass is 32.1. The molecule has 0 bridgehead atoms. The molecule has 0 fully saturated rings. The zero-order valence-corrected chi connectivity index (χ0v) is 10.3. The van der Waals surface area contributed by atoms with E-state index in [1.165, 1.54) is 0 Å². The number of hydrogen-bond donors (Lipinski definition) is 2. The van der Waals surface area contributed by atoms with Crippen molar-refractivity contribution in [3.8, 4) is 0 Å². The van der Waals surface area contributed by atoms with Gasteiger partial charge in [-0.15, -0.1) is 11.3 Å². The Labute approximate surface area is 107 Å². The molecule has 3 aromatic rings. The van der Waals surface area contributed by atoms with Gasteiger partial charge in [-0.05, 0) is 0 Å². The van der Waals surface area contributed by atoms with Crippen LogP contribution >= 0.6 is 11.3 Å². The van der Waals surface area contributed by atoms with Gasteiger partial charge in [0.1, 0.15) is 0 Å². The van der Waals surface area contributed by atoms with E-state index in [1.54, 1.807) is 34.4 Å². The molecule has 1 atom stereocenters. The molecule has 3 N–H and O–H groups in total. The predicted octanol–water partition coefficient (Wildman–Crippen LogP) is 0.933. The van der Waals surface area contributed by atoms with Gasteiger partial charge in [0, 0.05) is 36.0 Å². The first-order valence-electron chi connectivity index (χ1n) is 5.50. The lowest BCUT2D eigenvalue weighted by molar-refractivity contribution is 0.554. The molecule has 18 heavy (non-hydrogen) atoms. The fourth-order valence-corrected chi connectivity index (χ4v) is 2.57. The highest BCUT2D eigenvalue weighted by molar-refractivity contribution is 7.09. The number of hydrogen-bond acceptors (Lipinski definition) is 6. The first-order valence-corrected chi connectivity index (χ1v) is 6.38. The predicted molar refractivity (Wildman–Crippen MR) is 68.9 cm³/mol. The summed E-state index contributed by atoms with van der Waals surface area (Å²) < 4.78 is 1.79. The normalized spacial score (nSPS) is 12.9. The van der Waals surface area contributed by atoms with Crippen LogP contribution in [0.4, 0.5) is 0 Å². The fourth-order valence-electron chi connectivity index (χ4n) is 1.91. The van der Waals surface area contributed by atoms with Crippen molar-refractivity contribution in [1.82, 2.24) is 25.0 Å². The molecular weight excluding hydrogens is 248 g/mol. The van der Waals surface area contributed by atoms with Crippen LogP contribution in [0.25, 0.3) is 5.52 Å². The van der Waals surface area contributed by atoms with Crippen molar-refractivity contribution in [2.45, 2.75) is 12.5 Å². The summed E-state index contributed by atoms with van der Waals surface area (Å²) >= 11 is 1.62. The average Bonchev–Trinajstić information content (AvgIpc) is 3.05. The van der Waals surface area contributed by atoms with Gasteiger partial charge in [0.15, 0.2) is 0 Å². The number of nitrogens with two attached hydrogens (primary N) is 1. The topological polar surface area (TPSA) is 81.1 Å². The lowest BCUT2D eigenvalue weighted by Crippen LogP contribution is -2.29. The molecule has 3 aromatic heterocycles. The van der Waals surface area contributed by atoms with Crippen molar-refractivity contribution < 1.29 is 0 Å². The molecule has 6 nitrogen and oxygen atoms in total. The Hall–Kier alpha value is -1.83. The van der Waals surface area contributed by atoms with Crippen LogP contribution in [-0.4, -0.2) is 19.6 Å². The summed E-state index contributed by atoms with van der Waals surface area (Å²) in [5.74, 6) is 5.64. The Morgan fingerprint density at radius 2 is 2.33 bits per heavy atom. The molecule has 0 amide bonds. The van der Waals surface area contributed by atoms with Crippen LogP contribution in [0.15, 0.2) is 36.4 Å². The second-order valence-corrected chi connectivity index (χ2v) is 4.83. The molecule has 0 radical (unpaired) electrons. The largest absolute Gasteiger partial charge is 0.271 e. The Morgan fingerprint density at radius 3 is 3.11 bits per heavy atom. The van der Waals surface area contributed by atoms with Crippen LogP contribution in [0.1, 0.15) is 16.6 Å². The Kier molecular flexibility index (Phi) is 3.01. The first-order chi connectivity index (χ1) is 8.88. The summed E-state index contributed by atoms with van der Waals surface area (Å²) in [6.07, 6.45) is 9.66. The second-order valence-electron chi connectivity index (χ2n) is 3.86. The van der Waals surface area contributed by atoms with E-state index in [2.05, 4.69) is 20.5 Å². The van der Waals surface area contributed by atoms with Gasteiger partial charge < -0.3 is 0 Å². The average molecular weight is 260 g/mol. The minimum absolute atomic E-state index is 0.0159. The lowest BCUT2D eigenvalue weighted by Gasteiger charge is -2.12. The summed E-state index contributed by atoms with van der Waals surface area (Å²) in [7, 11) is 0. The van der Waals surface area contributed by atoms with Gasteiger partial charge in [0.05, 0.1) is 29.0 Å². The molecule has 92 valence electrons. The highest BCUT2D eigenvalue weighted by Gasteiger charge is 2.16. The van der Waals surface area contributed by atoms with Crippen molar-refractivity contribution in [2.24, 2.45) is 5.84 Å². The van der Waals surface area contributed by atoms with Gasteiger partial charge >= 0.3 is 0 Å². The Bertz CT molecular complexity index is 632. The molecule has 0 saturated carbocycles. The molecule has 0 aliphatic rings. The second kappa shape index (κ2) is 4.81. The molecule has 0 aliphatic carbocycles. The maximum atomic E-state index is 5.64. The zero-order valence-electron chi connectivity index (χ0n) is 9.52. The van der Waals surface area contributed by atoms with Crippen LogP contribution < -0.4 is 11.3 Å². The number of rotatable bonds is 4. The molecule has 1 unspecified atom stereocenters. The molecular formula is C11H12N6S. The standard InChI is InChI=1S/C11H12N6S/c12-16-9(5-11-14-2-4-18-11)8-6-15-17-3-1-13-7-10(8)17/h1-4,6-7,9,16H,5,12H2. The van der Waals surface area contributed by atoms with Gasteiger partial charge in [0.2, 0.25) is 0 Å². The summed E-state index contributed by atoms with van der Waals surface area (Å²) in [5.41, 5.74) is 4.80. The van der Waals surface area contributed by atoms with E-state index in [0.717, 1.165) is 22.5 Å². The van der Waals surface area contributed by atoms with Crippen LogP contribution in [0.3, 0.4) is 0 Å². The number of aromatic nitrogens is 4. The van der Waals surface area contributed by atoms with E-state index in [9.17, 15) is 0 Å². The third-order valence-corrected chi connectivity index (χ3v) is 3.60. The van der Waals surface area contributed by atoms with Crippen LogP contribution in [0, 0.1) is 0 Å². The summed E-state index contributed by atoms with van der Waals surface area (Å²) in [6, 6.07) is -0.0159. The van der Waals surface area contributed by atoms with Crippen LogP contribution in [0.5, 0.6) is 0 Å². The Balaban J connectivity index is 1.96. The quantitative estimate of drug-likeness (QED) is 0.539. The van der Waals surface area contributed by atoms with Crippen molar-refractivity contribution in [1.29, 1.82) is 0 Å². The van der Waals surface area contributed by atoms with Crippen LogP contribution in [0.2, 0.25) is 0 Å².